The van der Waals surface area contributed by atoms with Crippen molar-refractivity contribution >= 4 is 33.3 Å². The molecule has 0 bridgehead atoms. The summed E-state index contributed by atoms with van der Waals surface area (Å²) in [7, 11) is 0. The number of hydrogen-bond donors (Lipinski definition) is 2. The van der Waals surface area contributed by atoms with E-state index in [0.29, 0.717) is 28.3 Å². The first-order chi connectivity index (χ1) is 9.19. The van der Waals surface area contributed by atoms with Crippen LogP contribution in [0, 0.1) is 5.82 Å². The summed E-state index contributed by atoms with van der Waals surface area (Å²) in [6.07, 6.45) is 1.37. The third-order valence-corrected chi connectivity index (χ3v) is 3.35. The molecule has 3 N–H and O–H groups in total. The number of nitrogens with zero attached hydrogens (tertiary/aromatic N) is 3. The Morgan fingerprint density at radius 2 is 2.11 bits per heavy atom. The van der Waals surface area contributed by atoms with Crippen LogP contribution in [-0.4, -0.2) is 16.5 Å². The third kappa shape index (κ3) is 2.66. The van der Waals surface area contributed by atoms with Crippen molar-refractivity contribution in [2.24, 2.45) is 5.84 Å². The Labute approximate surface area is 118 Å². The molecule has 7 heteroatoms. The zero-order valence-electron chi connectivity index (χ0n) is 10.3. The van der Waals surface area contributed by atoms with E-state index in [1.807, 2.05) is 6.92 Å². The van der Waals surface area contributed by atoms with E-state index in [1.165, 1.54) is 12.4 Å². The number of para-hydroxylation sites is 1. The highest BCUT2D eigenvalue weighted by atomic mass is 79.9. The first-order valence-corrected chi connectivity index (χ1v) is 6.47. The second kappa shape index (κ2) is 5.94. The maximum Gasteiger partial charge on any atom is 0.159 e. The molecule has 100 valence electrons. The van der Waals surface area contributed by atoms with E-state index < -0.39 is 0 Å². The zero-order chi connectivity index (χ0) is 13.8. The number of nitrogens with two attached hydrogens (primary N) is 1. The molecule has 0 saturated carbocycles. The van der Waals surface area contributed by atoms with Gasteiger partial charge in [0.25, 0.3) is 0 Å². The van der Waals surface area contributed by atoms with Gasteiger partial charge in [-0.25, -0.2) is 20.2 Å². The molecule has 1 aromatic carbocycles. The van der Waals surface area contributed by atoms with Gasteiger partial charge in [0.05, 0.1) is 5.69 Å². The first-order valence-electron chi connectivity index (χ1n) is 5.68. The predicted molar refractivity (Wildman–Crippen MR) is 76.6 cm³/mol. The smallest absolute Gasteiger partial charge is 0.159 e. The van der Waals surface area contributed by atoms with Crippen LogP contribution in [0.3, 0.4) is 0 Å². The fraction of sp³-hybridized carbons (Fsp3) is 0.167. The summed E-state index contributed by atoms with van der Waals surface area (Å²) >= 11 is 3.37. The molecule has 2 rings (SSSR count). The van der Waals surface area contributed by atoms with Gasteiger partial charge in [0.1, 0.15) is 16.6 Å². The van der Waals surface area contributed by atoms with Gasteiger partial charge in [-0.15, -0.1) is 0 Å². The fourth-order valence-corrected chi connectivity index (χ4v) is 2.29. The van der Waals surface area contributed by atoms with Crippen molar-refractivity contribution in [1.29, 1.82) is 0 Å². The van der Waals surface area contributed by atoms with E-state index in [2.05, 4.69) is 31.3 Å². The monoisotopic (exact) mass is 325 g/mol. The summed E-state index contributed by atoms with van der Waals surface area (Å²) in [4.78, 5) is 9.89. The van der Waals surface area contributed by atoms with Crippen molar-refractivity contribution in [3.8, 4) is 0 Å². The molecular formula is C12H13BrFN5. The van der Waals surface area contributed by atoms with Gasteiger partial charge >= 0.3 is 0 Å². The predicted octanol–water partition coefficient (Wildman–Crippen LogP) is 2.82. The standard InChI is InChI=1S/C12H13BrFN5/c1-2-19(9-6-4-3-5-8(9)14)12-10(13)11(18-15)16-7-17-12/h3-7H,2,15H2,1H3,(H,16,17,18). The largest absolute Gasteiger partial charge is 0.323 e. The Hall–Kier alpha value is -1.73. The van der Waals surface area contributed by atoms with Crippen molar-refractivity contribution < 1.29 is 4.39 Å². The van der Waals surface area contributed by atoms with Gasteiger partial charge in [-0.1, -0.05) is 12.1 Å². The second-order valence-corrected chi connectivity index (χ2v) is 4.49. The lowest BCUT2D eigenvalue weighted by atomic mass is 10.2. The number of rotatable bonds is 4. The Morgan fingerprint density at radius 1 is 1.37 bits per heavy atom. The summed E-state index contributed by atoms with van der Waals surface area (Å²) in [5, 5.41) is 0. The zero-order valence-corrected chi connectivity index (χ0v) is 11.9. The van der Waals surface area contributed by atoms with Gasteiger partial charge in [-0.3, -0.25) is 0 Å². The molecule has 0 aliphatic carbocycles. The van der Waals surface area contributed by atoms with Gasteiger partial charge in [-0.05, 0) is 35.0 Å². The molecule has 2 aromatic rings. The van der Waals surface area contributed by atoms with Crippen molar-refractivity contribution in [2.75, 3.05) is 16.9 Å². The minimum Gasteiger partial charge on any atom is -0.323 e. The molecule has 19 heavy (non-hydrogen) atoms. The van der Waals surface area contributed by atoms with Crippen LogP contribution in [-0.2, 0) is 0 Å². The number of halogens is 2. The molecule has 0 saturated heterocycles. The van der Waals surface area contributed by atoms with Crippen molar-refractivity contribution in [3.05, 3.63) is 40.9 Å². The molecule has 0 aliphatic rings. The molecule has 1 heterocycles. The first kappa shape index (κ1) is 13.7. The lowest BCUT2D eigenvalue weighted by Crippen LogP contribution is -2.20. The fourth-order valence-electron chi connectivity index (χ4n) is 1.75. The van der Waals surface area contributed by atoms with Gasteiger partial charge in [0, 0.05) is 6.54 Å². The van der Waals surface area contributed by atoms with Crippen LogP contribution in [0.5, 0.6) is 0 Å². The summed E-state index contributed by atoms with van der Waals surface area (Å²) in [6.45, 7) is 2.47. The lowest BCUT2D eigenvalue weighted by molar-refractivity contribution is 0.625. The van der Waals surface area contributed by atoms with Gasteiger partial charge in [0.2, 0.25) is 0 Å². The van der Waals surface area contributed by atoms with Crippen molar-refractivity contribution in [1.82, 2.24) is 9.97 Å². The molecule has 0 aliphatic heterocycles. The maximum atomic E-state index is 13.9. The number of nitrogens with one attached hydrogen (secondary N) is 1. The molecule has 1 aromatic heterocycles. The number of benzene rings is 1. The van der Waals surface area contributed by atoms with E-state index in [0.717, 1.165) is 0 Å². The van der Waals surface area contributed by atoms with Gasteiger partial charge in [-0.2, -0.15) is 0 Å². The minimum absolute atomic E-state index is 0.308. The molecule has 0 unspecified atom stereocenters. The number of anilines is 3. The molecule has 0 amide bonds. The highest BCUT2D eigenvalue weighted by Crippen LogP contribution is 2.34. The van der Waals surface area contributed by atoms with Crippen LogP contribution in [0.25, 0.3) is 0 Å². The normalized spacial score (nSPS) is 10.3. The van der Waals surface area contributed by atoms with Crippen molar-refractivity contribution in [2.45, 2.75) is 6.92 Å². The van der Waals surface area contributed by atoms with Gasteiger partial charge < -0.3 is 10.3 Å². The van der Waals surface area contributed by atoms with Gasteiger partial charge in [0.15, 0.2) is 11.6 Å². The molecule has 0 radical (unpaired) electrons. The summed E-state index contributed by atoms with van der Waals surface area (Å²) < 4.78 is 14.5. The number of aromatic nitrogens is 2. The summed E-state index contributed by atoms with van der Waals surface area (Å²) in [5.41, 5.74) is 2.91. The SMILES string of the molecule is CCN(c1ccccc1F)c1ncnc(NN)c1Br. The van der Waals surface area contributed by atoms with Crippen LogP contribution in [0.4, 0.5) is 21.7 Å². The average molecular weight is 326 g/mol. The molecule has 0 atom stereocenters. The Morgan fingerprint density at radius 3 is 2.74 bits per heavy atom. The van der Waals surface area contributed by atoms with E-state index in [4.69, 9.17) is 5.84 Å². The van der Waals surface area contributed by atoms with E-state index in [-0.39, 0.29) is 5.82 Å². The van der Waals surface area contributed by atoms with Crippen LogP contribution >= 0.6 is 15.9 Å². The number of hydrazine groups is 1. The van der Waals surface area contributed by atoms with Crippen LogP contribution < -0.4 is 16.2 Å². The quantitative estimate of drug-likeness (QED) is 0.668. The molecule has 0 spiro atoms. The maximum absolute atomic E-state index is 13.9. The highest BCUT2D eigenvalue weighted by molar-refractivity contribution is 9.10. The van der Waals surface area contributed by atoms with E-state index >= 15 is 0 Å². The van der Waals surface area contributed by atoms with Crippen LogP contribution in [0.1, 0.15) is 6.92 Å². The lowest BCUT2D eigenvalue weighted by Gasteiger charge is -2.24. The van der Waals surface area contributed by atoms with E-state index in [1.54, 1.807) is 23.1 Å². The third-order valence-electron chi connectivity index (χ3n) is 2.62. The van der Waals surface area contributed by atoms with Crippen LogP contribution in [0.2, 0.25) is 0 Å². The summed E-state index contributed by atoms with van der Waals surface area (Å²) in [6, 6.07) is 6.53. The second-order valence-electron chi connectivity index (χ2n) is 3.70. The Kier molecular flexibility index (Phi) is 4.28. The topological polar surface area (TPSA) is 67.1 Å². The molecule has 5 nitrogen and oxygen atoms in total. The summed E-state index contributed by atoms with van der Waals surface area (Å²) in [5.74, 6) is 6.05. The number of hydrogen-bond acceptors (Lipinski definition) is 5. The molecular weight excluding hydrogens is 313 g/mol. The average Bonchev–Trinajstić information content (AvgIpc) is 2.43. The van der Waals surface area contributed by atoms with Crippen LogP contribution in [0.15, 0.2) is 35.1 Å². The number of nitrogen functional groups attached to an aromatic ring is 1. The van der Waals surface area contributed by atoms with E-state index in [9.17, 15) is 4.39 Å². The Balaban J connectivity index is 2.52. The van der Waals surface area contributed by atoms with Crippen molar-refractivity contribution in [3.63, 3.8) is 0 Å². The highest BCUT2D eigenvalue weighted by Gasteiger charge is 2.17. The minimum atomic E-state index is -0.308. The molecule has 0 fully saturated rings. The Bertz CT molecular complexity index is 578.